The maximum absolute atomic E-state index is 9.60. The number of rotatable bonds is 1. The van der Waals surface area contributed by atoms with Crippen LogP contribution in [0.15, 0.2) is 0 Å². The molecule has 2 aliphatic rings. The molecule has 0 aromatic carbocycles. The van der Waals surface area contributed by atoms with Gasteiger partial charge in [0.25, 0.3) is 6.47 Å². The molecule has 0 spiro atoms. The summed E-state index contributed by atoms with van der Waals surface area (Å²) in [4.78, 5) is 9.60. The van der Waals surface area contributed by atoms with Crippen LogP contribution < -0.4 is 16.0 Å². The summed E-state index contributed by atoms with van der Waals surface area (Å²) in [5.74, 6) is 0. The van der Waals surface area contributed by atoms with E-state index in [1.165, 1.54) is 0 Å². The SMILES string of the molecule is C1CNC2CNCC2N1.CC(C)(C)OC=O. The van der Waals surface area contributed by atoms with Crippen LogP contribution >= 0.6 is 0 Å². The number of carbonyl (C=O) groups excluding carboxylic acids is 1. The molecular formula is C11H23N3O2. The summed E-state index contributed by atoms with van der Waals surface area (Å²) in [7, 11) is 0. The van der Waals surface area contributed by atoms with E-state index in [4.69, 9.17) is 0 Å². The Morgan fingerprint density at radius 1 is 1.12 bits per heavy atom. The van der Waals surface area contributed by atoms with Crippen LogP contribution in [0.5, 0.6) is 0 Å². The van der Waals surface area contributed by atoms with Crippen LogP contribution in [0, 0.1) is 0 Å². The van der Waals surface area contributed by atoms with Crippen molar-refractivity contribution in [2.45, 2.75) is 38.5 Å². The van der Waals surface area contributed by atoms with Gasteiger partial charge in [-0.15, -0.1) is 0 Å². The third-order valence-corrected chi connectivity index (χ3v) is 2.55. The highest BCUT2D eigenvalue weighted by molar-refractivity contribution is 5.37. The Balaban J connectivity index is 0.000000168. The number of ether oxygens (including phenoxy) is 1. The Morgan fingerprint density at radius 3 is 1.94 bits per heavy atom. The largest absolute Gasteiger partial charge is 0.462 e. The molecule has 0 amide bonds. The van der Waals surface area contributed by atoms with E-state index >= 15 is 0 Å². The van der Waals surface area contributed by atoms with Crippen LogP contribution in [0.25, 0.3) is 0 Å². The van der Waals surface area contributed by atoms with Gasteiger partial charge in [0, 0.05) is 38.3 Å². The normalized spacial score (nSPS) is 28.7. The van der Waals surface area contributed by atoms with Crippen molar-refractivity contribution < 1.29 is 9.53 Å². The number of piperazine rings is 1. The Morgan fingerprint density at radius 2 is 1.62 bits per heavy atom. The smallest absolute Gasteiger partial charge is 0.293 e. The zero-order valence-corrected chi connectivity index (χ0v) is 10.4. The van der Waals surface area contributed by atoms with E-state index in [0.29, 0.717) is 18.6 Å². The number of fused-ring (bicyclic) bond motifs is 1. The van der Waals surface area contributed by atoms with E-state index in [2.05, 4.69) is 20.7 Å². The number of nitrogens with one attached hydrogen (secondary N) is 3. The molecule has 3 N–H and O–H groups in total. The molecule has 2 atom stereocenters. The van der Waals surface area contributed by atoms with Crippen LogP contribution in [0.3, 0.4) is 0 Å². The molecular weight excluding hydrogens is 206 g/mol. The van der Waals surface area contributed by atoms with Crippen molar-refractivity contribution >= 4 is 6.47 Å². The molecule has 5 nitrogen and oxygen atoms in total. The molecule has 2 heterocycles. The molecule has 2 saturated heterocycles. The van der Waals surface area contributed by atoms with Gasteiger partial charge < -0.3 is 20.7 Å². The molecule has 16 heavy (non-hydrogen) atoms. The lowest BCUT2D eigenvalue weighted by Gasteiger charge is -2.26. The van der Waals surface area contributed by atoms with Gasteiger partial charge >= 0.3 is 0 Å². The van der Waals surface area contributed by atoms with Crippen molar-refractivity contribution in [3.05, 3.63) is 0 Å². The summed E-state index contributed by atoms with van der Waals surface area (Å²) < 4.78 is 4.55. The first-order chi connectivity index (χ1) is 7.53. The van der Waals surface area contributed by atoms with E-state index in [0.717, 1.165) is 26.2 Å². The van der Waals surface area contributed by atoms with E-state index < -0.39 is 0 Å². The van der Waals surface area contributed by atoms with Gasteiger partial charge in [0.05, 0.1) is 0 Å². The Labute approximate surface area is 97.3 Å². The van der Waals surface area contributed by atoms with Gasteiger partial charge in [-0.3, -0.25) is 4.79 Å². The first-order valence-corrected chi connectivity index (χ1v) is 5.82. The second-order valence-electron chi connectivity index (χ2n) is 5.11. The fraction of sp³-hybridized carbons (Fsp3) is 0.909. The van der Waals surface area contributed by atoms with Crippen molar-refractivity contribution in [3.63, 3.8) is 0 Å². The molecule has 2 aliphatic heterocycles. The van der Waals surface area contributed by atoms with E-state index in [1.54, 1.807) is 0 Å². The molecule has 5 heteroatoms. The third-order valence-electron chi connectivity index (χ3n) is 2.55. The highest BCUT2D eigenvalue weighted by Gasteiger charge is 2.27. The van der Waals surface area contributed by atoms with Crippen molar-refractivity contribution in [1.82, 2.24) is 16.0 Å². The average molecular weight is 229 g/mol. The highest BCUT2D eigenvalue weighted by atomic mass is 16.5. The number of hydrogen-bond acceptors (Lipinski definition) is 5. The van der Waals surface area contributed by atoms with Crippen LogP contribution in [-0.2, 0) is 9.53 Å². The Bertz CT molecular complexity index is 204. The van der Waals surface area contributed by atoms with Gasteiger partial charge in [0.15, 0.2) is 0 Å². The minimum atomic E-state index is -0.318. The molecule has 2 rings (SSSR count). The fourth-order valence-corrected chi connectivity index (χ4v) is 1.77. The van der Waals surface area contributed by atoms with Gasteiger partial charge in [0.1, 0.15) is 5.60 Å². The first kappa shape index (κ1) is 13.4. The van der Waals surface area contributed by atoms with Crippen molar-refractivity contribution in [3.8, 4) is 0 Å². The van der Waals surface area contributed by atoms with Crippen LogP contribution in [0.2, 0.25) is 0 Å². The van der Waals surface area contributed by atoms with Crippen LogP contribution in [-0.4, -0.2) is 50.3 Å². The second kappa shape index (κ2) is 6.18. The van der Waals surface area contributed by atoms with E-state index in [1.807, 2.05) is 20.8 Å². The summed E-state index contributed by atoms with van der Waals surface area (Å²) in [6.07, 6.45) is 0. The standard InChI is InChI=1S/C6H13N3.C5H10O2/c1-2-9-6-4-7-3-5(6)8-1;1-5(2,3)7-4-6/h5-9H,1-4H2;4H,1-3H3. The number of carbonyl (C=O) groups is 1. The number of hydrogen-bond donors (Lipinski definition) is 3. The molecule has 0 saturated carbocycles. The van der Waals surface area contributed by atoms with Gasteiger partial charge in [-0.05, 0) is 20.8 Å². The zero-order chi connectivity index (χ0) is 12.0. The zero-order valence-electron chi connectivity index (χ0n) is 10.4. The molecule has 0 aromatic heterocycles. The lowest BCUT2D eigenvalue weighted by Crippen LogP contribution is -2.55. The molecule has 2 unspecified atom stereocenters. The fourth-order valence-electron chi connectivity index (χ4n) is 1.77. The Hall–Kier alpha value is -0.650. The second-order valence-corrected chi connectivity index (χ2v) is 5.11. The van der Waals surface area contributed by atoms with Crippen LogP contribution in [0.1, 0.15) is 20.8 Å². The maximum atomic E-state index is 9.60. The predicted molar refractivity (Wildman–Crippen MR) is 63.4 cm³/mol. The summed E-state index contributed by atoms with van der Waals surface area (Å²) >= 11 is 0. The first-order valence-electron chi connectivity index (χ1n) is 5.82. The monoisotopic (exact) mass is 229 g/mol. The third kappa shape index (κ3) is 4.92. The molecule has 94 valence electrons. The molecule has 0 radical (unpaired) electrons. The molecule has 0 bridgehead atoms. The minimum Gasteiger partial charge on any atom is -0.462 e. The summed E-state index contributed by atoms with van der Waals surface area (Å²) in [5.41, 5.74) is -0.318. The highest BCUT2D eigenvalue weighted by Crippen LogP contribution is 2.02. The molecule has 2 fully saturated rings. The average Bonchev–Trinajstić information content (AvgIpc) is 2.64. The molecule has 0 aliphatic carbocycles. The lowest BCUT2D eigenvalue weighted by molar-refractivity contribution is -0.138. The summed E-state index contributed by atoms with van der Waals surface area (Å²) in [6.45, 7) is 10.4. The lowest BCUT2D eigenvalue weighted by atomic mass is 10.1. The Kier molecular flexibility index (Phi) is 5.18. The van der Waals surface area contributed by atoms with Crippen molar-refractivity contribution in [1.29, 1.82) is 0 Å². The summed E-state index contributed by atoms with van der Waals surface area (Å²) in [5, 5.41) is 10.3. The van der Waals surface area contributed by atoms with E-state index in [-0.39, 0.29) is 5.60 Å². The van der Waals surface area contributed by atoms with Gasteiger partial charge in [0.2, 0.25) is 0 Å². The maximum Gasteiger partial charge on any atom is 0.293 e. The molecule has 0 aromatic rings. The van der Waals surface area contributed by atoms with Crippen LogP contribution in [0.4, 0.5) is 0 Å². The van der Waals surface area contributed by atoms with Gasteiger partial charge in [-0.2, -0.15) is 0 Å². The minimum absolute atomic E-state index is 0.318. The van der Waals surface area contributed by atoms with Crippen molar-refractivity contribution in [2.75, 3.05) is 26.2 Å². The van der Waals surface area contributed by atoms with Gasteiger partial charge in [-0.25, -0.2) is 0 Å². The topological polar surface area (TPSA) is 62.4 Å². The van der Waals surface area contributed by atoms with Gasteiger partial charge in [-0.1, -0.05) is 0 Å². The predicted octanol–water partition coefficient (Wildman–Crippen LogP) is -0.522. The summed E-state index contributed by atoms with van der Waals surface area (Å²) in [6, 6.07) is 1.39. The van der Waals surface area contributed by atoms with E-state index in [9.17, 15) is 4.79 Å². The van der Waals surface area contributed by atoms with Crippen molar-refractivity contribution in [2.24, 2.45) is 0 Å². The quantitative estimate of drug-likeness (QED) is 0.528.